The van der Waals surface area contributed by atoms with E-state index in [1.807, 2.05) is 49.4 Å². The van der Waals surface area contributed by atoms with Gasteiger partial charge in [0.05, 0.1) is 37.6 Å². The molecule has 2 aromatic carbocycles. The average molecular weight is 495 g/mol. The molecule has 9 nitrogen and oxygen atoms in total. The predicted molar refractivity (Wildman–Crippen MR) is 137 cm³/mol. The summed E-state index contributed by atoms with van der Waals surface area (Å²) in [5, 5.41) is 5.75. The van der Waals surface area contributed by atoms with Gasteiger partial charge in [-0.2, -0.15) is 0 Å². The van der Waals surface area contributed by atoms with Gasteiger partial charge in [-0.1, -0.05) is 30.3 Å². The Morgan fingerprint density at radius 1 is 0.972 bits per heavy atom. The van der Waals surface area contributed by atoms with E-state index in [0.29, 0.717) is 35.7 Å². The third kappa shape index (κ3) is 5.57. The van der Waals surface area contributed by atoms with Crippen LogP contribution in [-0.4, -0.2) is 69.9 Å². The van der Waals surface area contributed by atoms with Gasteiger partial charge in [0, 0.05) is 44.0 Å². The van der Waals surface area contributed by atoms with Gasteiger partial charge in [0.1, 0.15) is 11.5 Å². The number of amides is 2. The standard InChI is InChI=1S/C27H34N4O5/c1-4-35-23-13-9-7-11-21(23)31-16-14-30(15-17-31)18-20-24(26(32)36-5-2)25(29-27(33)28-20)19-10-6-8-12-22(19)34-3/h6-13,25H,4-5,14-18H2,1-3H3,(H2,28,29,33)/t25-/m0/s1. The minimum Gasteiger partial charge on any atom is -0.496 e. The first kappa shape index (κ1) is 25.4. The number of urea groups is 1. The molecule has 2 N–H and O–H groups in total. The van der Waals surface area contributed by atoms with Crippen LogP contribution in [0.25, 0.3) is 0 Å². The third-order valence-corrected chi connectivity index (χ3v) is 6.36. The first-order chi connectivity index (χ1) is 17.5. The maximum absolute atomic E-state index is 13.1. The van der Waals surface area contributed by atoms with Gasteiger partial charge in [0.2, 0.25) is 0 Å². The molecule has 0 aliphatic carbocycles. The van der Waals surface area contributed by atoms with Crippen LogP contribution in [0.2, 0.25) is 0 Å². The van der Waals surface area contributed by atoms with Crippen molar-refractivity contribution in [3.05, 3.63) is 65.4 Å². The van der Waals surface area contributed by atoms with E-state index in [1.54, 1.807) is 14.0 Å². The van der Waals surface area contributed by atoms with Crippen molar-refractivity contribution >= 4 is 17.7 Å². The lowest BCUT2D eigenvalue weighted by atomic mass is 9.94. The van der Waals surface area contributed by atoms with Crippen LogP contribution >= 0.6 is 0 Å². The number of anilines is 1. The van der Waals surface area contributed by atoms with Crippen molar-refractivity contribution in [2.24, 2.45) is 0 Å². The zero-order chi connectivity index (χ0) is 25.5. The van der Waals surface area contributed by atoms with Crippen LogP contribution < -0.4 is 25.0 Å². The number of hydrogen-bond donors (Lipinski definition) is 2. The number of methoxy groups -OCH3 is 1. The minimum absolute atomic E-state index is 0.236. The van der Waals surface area contributed by atoms with Crippen LogP contribution in [0.3, 0.4) is 0 Å². The first-order valence-electron chi connectivity index (χ1n) is 12.3. The molecular formula is C27H34N4O5. The highest BCUT2D eigenvalue weighted by atomic mass is 16.5. The SMILES string of the molecule is CCOC(=O)C1=C(CN2CCN(c3ccccc3OCC)CC2)NC(=O)N[C@H]1c1ccccc1OC. The summed E-state index contributed by atoms with van der Waals surface area (Å²) in [5.41, 5.74) is 2.73. The maximum Gasteiger partial charge on any atom is 0.338 e. The van der Waals surface area contributed by atoms with Gasteiger partial charge in [0.25, 0.3) is 0 Å². The number of carbonyl (C=O) groups is 2. The fourth-order valence-electron chi connectivity index (χ4n) is 4.70. The van der Waals surface area contributed by atoms with Crippen molar-refractivity contribution in [2.45, 2.75) is 19.9 Å². The molecule has 0 saturated carbocycles. The lowest BCUT2D eigenvalue weighted by molar-refractivity contribution is -0.139. The molecule has 0 bridgehead atoms. The second kappa shape index (κ2) is 11.8. The lowest BCUT2D eigenvalue weighted by Crippen LogP contribution is -2.52. The van der Waals surface area contributed by atoms with E-state index in [9.17, 15) is 9.59 Å². The van der Waals surface area contributed by atoms with Gasteiger partial charge in [-0.3, -0.25) is 4.90 Å². The number of carbonyl (C=O) groups excluding carboxylic acids is 2. The second-order valence-corrected chi connectivity index (χ2v) is 8.55. The summed E-state index contributed by atoms with van der Waals surface area (Å²) >= 11 is 0. The summed E-state index contributed by atoms with van der Waals surface area (Å²) in [5.74, 6) is 1.01. The molecule has 0 spiro atoms. The summed E-state index contributed by atoms with van der Waals surface area (Å²) in [6, 6.07) is 14.4. The van der Waals surface area contributed by atoms with Gasteiger partial charge >= 0.3 is 12.0 Å². The zero-order valence-electron chi connectivity index (χ0n) is 21.1. The number of ether oxygens (including phenoxy) is 3. The van der Waals surface area contributed by atoms with E-state index in [4.69, 9.17) is 14.2 Å². The highest BCUT2D eigenvalue weighted by molar-refractivity contribution is 5.95. The maximum atomic E-state index is 13.1. The second-order valence-electron chi connectivity index (χ2n) is 8.55. The fourth-order valence-corrected chi connectivity index (χ4v) is 4.70. The third-order valence-electron chi connectivity index (χ3n) is 6.36. The smallest absolute Gasteiger partial charge is 0.338 e. The Morgan fingerprint density at radius 3 is 2.36 bits per heavy atom. The van der Waals surface area contributed by atoms with Crippen LogP contribution in [0.5, 0.6) is 11.5 Å². The molecule has 1 fully saturated rings. The molecule has 2 aliphatic heterocycles. The molecule has 2 heterocycles. The summed E-state index contributed by atoms with van der Waals surface area (Å²) < 4.78 is 16.7. The molecule has 9 heteroatoms. The minimum atomic E-state index is -0.677. The van der Waals surface area contributed by atoms with E-state index in [1.165, 1.54) is 0 Å². The molecule has 0 radical (unpaired) electrons. The van der Waals surface area contributed by atoms with E-state index in [0.717, 1.165) is 37.6 Å². The molecule has 36 heavy (non-hydrogen) atoms. The van der Waals surface area contributed by atoms with Crippen molar-refractivity contribution in [3.8, 4) is 11.5 Å². The monoisotopic (exact) mass is 494 g/mol. The van der Waals surface area contributed by atoms with E-state index < -0.39 is 12.0 Å². The molecule has 192 valence electrons. The van der Waals surface area contributed by atoms with Crippen LogP contribution in [0, 0.1) is 0 Å². The van der Waals surface area contributed by atoms with Crippen LogP contribution in [0.1, 0.15) is 25.5 Å². The topological polar surface area (TPSA) is 92.4 Å². The summed E-state index contributed by atoms with van der Waals surface area (Å²) in [7, 11) is 1.57. The molecule has 4 rings (SSSR count). The normalized spacial score (nSPS) is 18.4. The summed E-state index contributed by atoms with van der Waals surface area (Å²) in [4.78, 5) is 30.3. The molecule has 1 saturated heterocycles. The largest absolute Gasteiger partial charge is 0.496 e. The molecule has 0 aromatic heterocycles. The Labute approximate surface area is 212 Å². The molecule has 2 aromatic rings. The Kier molecular flexibility index (Phi) is 8.32. The molecule has 1 atom stereocenters. The molecular weight excluding hydrogens is 460 g/mol. The van der Waals surface area contributed by atoms with Crippen molar-refractivity contribution in [1.29, 1.82) is 0 Å². The predicted octanol–water partition coefficient (Wildman–Crippen LogP) is 3.09. The summed E-state index contributed by atoms with van der Waals surface area (Å²) in [6.07, 6.45) is 0. The number of nitrogens with zero attached hydrogens (tertiary/aromatic N) is 2. The van der Waals surface area contributed by atoms with Gasteiger partial charge in [0.15, 0.2) is 0 Å². The highest BCUT2D eigenvalue weighted by Gasteiger charge is 2.36. The lowest BCUT2D eigenvalue weighted by Gasteiger charge is -2.38. The van der Waals surface area contributed by atoms with E-state index >= 15 is 0 Å². The zero-order valence-corrected chi connectivity index (χ0v) is 21.1. The number of hydrogen-bond acceptors (Lipinski definition) is 7. The Hall–Kier alpha value is -3.72. The van der Waals surface area contributed by atoms with Gasteiger partial charge in [-0.05, 0) is 32.0 Å². The number of piperazine rings is 1. The number of rotatable bonds is 9. The number of para-hydroxylation sites is 3. The molecule has 2 aliphatic rings. The van der Waals surface area contributed by atoms with Gasteiger partial charge in [-0.15, -0.1) is 0 Å². The Bertz CT molecular complexity index is 1110. The average Bonchev–Trinajstić information content (AvgIpc) is 2.89. The Morgan fingerprint density at radius 2 is 1.67 bits per heavy atom. The first-order valence-corrected chi connectivity index (χ1v) is 12.3. The van der Waals surface area contributed by atoms with Crippen molar-refractivity contribution in [2.75, 3.05) is 57.9 Å². The summed E-state index contributed by atoms with van der Waals surface area (Å²) in [6.45, 7) is 8.16. The number of nitrogens with one attached hydrogen (secondary N) is 2. The van der Waals surface area contributed by atoms with Crippen LogP contribution in [0.15, 0.2) is 59.8 Å². The van der Waals surface area contributed by atoms with E-state index in [2.05, 4.69) is 26.5 Å². The van der Waals surface area contributed by atoms with Crippen molar-refractivity contribution in [1.82, 2.24) is 15.5 Å². The number of benzene rings is 2. The Balaban J connectivity index is 1.57. The number of esters is 1. The van der Waals surface area contributed by atoms with Crippen molar-refractivity contribution < 1.29 is 23.8 Å². The van der Waals surface area contributed by atoms with Gasteiger partial charge < -0.3 is 29.7 Å². The van der Waals surface area contributed by atoms with Crippen molar-refractivity contribution in [3.63, 3.8) is 0 Å². The quantitative estimate of drug-likeness (QED) is 0.518. The molecule has 0 unspecified atom stereocenters. The highest BCUT2D eigenvalue weighted by Crippen LogP contribution is 2.34. The van der Waals surface area contributed by atoms with Crippen LogP contribution in [-0.2, 0) is 9.53 Å². The van der Waals surface area contributed by atoms with E-state index in [-0.39, 0.29) is 12.6 Å². The molecule has 2 amide bonds. The fraction of sp³-hybridized carbons (Fsp3) is 0.407. The van der Waals surface area contributed by atoms with Gasteiger partial charge in [-0.25, -0.2) is 9.59 Å². The van der Waals surface area contributed by atoms with Crippen LogP contribution in [0.4, 0.5) is 10.5 Å².